The average molecular weight is 673 g/mol. The first-order chi connectivity index (χ1) is 23.1. The minimum atomic E-state index is -0.986. The Morgan fingerprint density at radius 2 is 1.62 bits per heavy atom. The molecule has 1 aromatic carbocycles. The smallest absolute Gasteiger partial charge is 0.407 e. The van der Waals surface area contributed by atoms with Gasteiger partial charge in [-0.15, -0.1) is 0 Å². The monoisotopic (exact) mass is 672 g/mol. The summed E-state index contributed by atoms with van der Waals surface area (Å²) in [6, 6.07) is 11.5. The number of aromatic nitrogens is 1. The van der Waals surface area contributed by atoms with Gasteiger partial charge in [-0.3, -0.25) is 9.59 Å². The Morgan fingerprint density at radius 1 is 0.917 bits per heavy atom. The van der Waals surface area contributed by atoms with Crippen molar-refractivity contribution in [2.45, 2.75) is 65.0 Å². The lowest BCUT2D eigenvalue weighted by atomic mass is 9.94. The second-order valence-electron chi connectivity index (χ2n) is 12.5. The fourth-order valence-electron chi connectivity index (χ4n) is 5.02. The number of nitrogens with zero attached hydrogens (tertiary/aromatic N) is 2. The van der Waals surface area contributed by atoms with Gasteiger partial charge in [0.05, 0.1) is 45.4 Å². The van der Waals surface area contributed by atoms with E-state index < -0.39 is 23.6 Å². The molecule has 13 nitrogen and oxygen atoms in total. The Kier molecular flexibility index (Phi) is 16.9. The number of nitrogens with one attached hydrogen (secondary N) is 2. The molecule has 0 spiro atoms. The fourth-order valence-corrected chi connectivity index (χ4v) is 5.02. The van der Waals surface area contributed by atoms with Gasteiger partial charge in [0.2, 0.25) is 5.91 Å². The predicted molar refractivity (Wildman–Crippen MR) is 180 cm³/mol. The minimum absolute atomic E-state index is 0.152. The number of amides is 2. The minimum Gasteiger partial charge on any atom is -0.494 e. The molecule has 48 heavy (non-hydrogen) atoms. The third kappa shape index (κ3) is 15.8. The van der Waals surface area contributed by atoms with E-state index in [2.05, 4.69) is 15.6 Å². The number of carboxylic acid groups (broad SMARTS) is 1. The Hall–Kier alpha value is -3.94. The normalized spacial score (nSPS) is 14.6. The summed E-state index contributed by atoms with van der Waals surface area (Å²) < 4.78 is 27.9. The van der Waals surface area contributed by atoms with Crippen LogP contribution in [-0.2, 0) is 41.5 Å². The van der Waals surface area contributed by atoms with Crippen LogP contribution in [-0.4, -0.2) is 104 Å². The molecule has 1 unspecified atom stereocenters. The summed E-state index contributed by atoms with van der Waals surface area (Å²) in [6.07, 6.45) is 3.55. The van der Waals surface area contributed by atoms with E-state index in [4.69, 9.17) is 23.7 Å². The maximum atomic E-state index is 13.3. The van der Waals surface area contributed by atoms with Crippen LogP contribution >= 0.6 is 0 Å². The van der Waals surface area contributed by atoms with Crippen molar-refractivity contribution >= 4 is 23.8 Å². The molecule has 0 aliphatic carbocycles. The molecule has 3 N–H and O–H groups in total. The molecule has 0 saturated carbocycles. The van der Waals surface area contributed by atoms with Crippen LogP contribution in [0.5, 0.6) is 5.75 Å². The zero-order valence-corrected chi connectivity index (χ0v) is 28.5. The number of carbonyl (C=O) groups excluding carboxylic acids is 2. The van der Waals surface area contributed by atoms with Crippen molar-refractivity contribution in [3.05, 3.63) is 53.7 Å². The van der Waals surface area contributed by atoms with Gasteiger partial charge in [-0.05, 0) is 81.8 Å². The van der Waals surface area contributed by atoms with E-state index in [1.54, 1.807) is 11.1 Å². The van der Waals surface area contributed by atoms with Crippen LogP contribution < -0.4 is 15.4 Å². The molecule has 0 fully saturated rings. The number of benzene rings is 1. The molecule has 2 amide bonds. The van der Waals surface area contributed by atoms with Gasteiger partial charge in [0.1, 0.15) is 17.2 Å². The van der Waals surface area contributed by atoms with Crippen molar-refractivity contribution < 1.29 is 43.2 Å². The Bertz CT molecular complexity index is 1260. The quantitative estimate of drug-likeness (QED) is 0.153. The molecule has 1 aromatic heterocycles. The number of carbonyl (C=O) groups is 3. The number of ether oxygens (including phenoxy) is 5. The number of alkyl carbamates (subject to hydrolysis) is 1. The number of hydrogen-bond donors (Lipinski definition) is 3. The Balaban J connectivity index is 1.31. The molecule has 1 atom stereocenters. The summed E-state index contributed by atoms with van der Waals surface area (Å²) in [6.45, 7) is 10.7. The molecule has 0 saturated heterocycles. The first-order valence-corrected chi connectivity index (χ1v) is 16.7. The third-order valence-electron chi connectivity index (χ3n) is 7.24. The number of aliphatic carboxylic acids is 1. The van der Waals surface area contributed by atoms with E-state index in [0.29, 0.717) is 85.1 Å². The van der Waals surface area contributed by atoms with Crippen molar-refractivity contribution in [2.24, 2.45) is 5.92 Å². The van der Waals surface area contributed by atoms with Gasteiger partial charge in [0, 0.05) is 45.6 Å². The predicted octanol–water partition coefficient (Wildman–Crippen LogP) is 4.29. The molecule has 1 aliphatic rings. The van der Waals surface area contributed by atoms with Crippen LogP contribution in [0.15, 0.2) is 42.6 Å². The maximum Gasteiger partial charge on any atom is 0.407 e. The molecular weight excluding hydrogens is 620 g/mol. The lowest BCUT2D eigenvalue weighted by molar-refractivity contribution is -0.144. The van der Waals surface area contributed by atoms with E-state index in [1.165, 1.54) is 0 Å². The molecule has 2 aromatic rings. The molecule has 3 rings (SSSR count). The molecule has 13 heteroatoms. The van der Waals surface area contributed by atoms with Gasteiger partial charge in [0.15, 0.2) is 0 Å². The van der Waals surface area contributed by atoms with Crippen molar-refractivity contribution in [1.29, 1.82) is 0 Å². The highest BCUT2D eigenvalue weighted by Gasteiger charge is 2.31. The number of pyridine rings is 1. The summed E-state index contributed by atoms with van der Waals surface area (Å²) in [5.74, 6) is -0.214. The standard InChI is InChI=1S/C35H52N4O9/c1-35(2,3)48-34(43)38-14-6-16-44-19-21-46-22-20-45-17-8-15-39-26-29-24-30(47-18-7-13-37-31-9-4-5-12-36-31)11-10-27(29)23-28(33(39)42)25-32(40)41/h4-5,9-12,24,28H,6-8,13-23,25-26H2,1-3H3,(H,36,37)(H,38,43)(H,40,41). The SMILES string of the molecule is CC(C)(C)OC(=O)NCCCOCCOCCOCCCN1Cc2cc(OCCCNc3ccccn3)ccc2CC(CC(=O)O)C1=O. The lowest BCUT2D eigenvalue weighted by Gasteiger charge is -2.24. The zero-order valence-electron chi connectivity index (χ0n) is 28.5. The van der Waals surface area contributed by atoms with E-state index in [9.17, 15) is 19.5 Å². The van der Waals surface area contributed by atoms with Crippen molar-refractivity contribution in [1.82, 2.24) is 15.2 Å². The van der Waals surface area contributed by atoms with Gasteiger partial charge in [-0.25, -0.2) is 9.78 Å². The molecular formula is C35H52N4O9. The second-order valence-corrected chi connectivity index (χ2v) is 12.5. The second kappa shape index (κ2) is 21.1. The van der Waals surface area contributed by atoms with Crippen LogP contribution in [0, 0.1) is 5.92 Å². The molecule has 0 bridgehead atoms. The summed E-state index contributed by atoms with van der Waals surface area (Å²) in [5, 5.41) is 15.4. The van der Waals surface area contributed by atoms with E-state index in [0.717, 1.165) is 35.7 Å². The van der Waals surface area contributed by atoms with Gasteiger partial charge < -0.3 is 44.3 Å². The maximum absolute atomic E-state index is 13.3. The van der Waals surface area contributed by atoms with E-state index in [1.807, 2.05) is 57.2 Å². The summed E-state index contributed by atoms with van der Waals surface area (Å²) >= 11 is 0. The van der Waals surface area contributed by atoms with Crippen LogP contribution in [0.3, 0.4) is 0 Å². The molecule has 1 aliphatic heterocycles. The Labute approximate surface area is 283 Å². The summed E-state index contributed by atoms with van der Waals surface area (Å²) in [7, 11) is 0. The largest absolute Gasteiger partial charge is 0.494 e. The van der Waals surface area contributed by atoms with Crippen LogP contribution in [0.25, 0.3) is 0 Å². The van der Waals surface area contributed by atoms with Gasteiger partial charge >= 0.3 is 12.1 Å². The van der Waals surface area contributed by atoms with Crippen LogP contribution in [0.1, 0.15) is 57.6 Å². The average Bonchev–Trinajstić information content (AvgIpc) is 3.16. The van der Waals surface area contributed by atoms with Crippen LogP contribution in [0.2, 0.25) is 0 Å². The topological polar surface area (TPSA) is 158 Å². The summed E-state index contributed by atoms with van der Waals surface area (Å²) in [5.41, 5.74) is 1.42. The van der Waals surface area contributed by atoms with Crippen molar-refractivity contribution in [3.8, 4) is 5.75 Å². The summed E-state index contributed by atoms with van der Waals surface area (Å²) in [4.78, 5) is 42.5. The number of anilines is 1. The lowest BCUT2D eigenvalue weighted by Crippen LogP contribution is -2.36. The highest BCUT2D eigenvalue weighted by atomic mass is 16.6. The number of hydrogen-bond acceptors (Lipinski definition) is 10. The van der Waals surface area contributed by atoms with Gasteiger partial charge in [-0.1, -0.05) is 12.1 Å². The van der Waals surface area contributed by atoms with Crippen molar-refractivity contribution in [3.63, 3.8) is 0 Å². The van der Waals surface area contributed by atoms with Gasteiger partial charge in [-0.2, -0.15) is 0 Å². The third-order valence-corrected chi connectivity index (χ3v) is 7.24. The van der Waals surface area contributed by atoms with E-state index in [-0.39, 0.29) is 12.3 Å². The van der Waals surface area contributed by atoms with Crippen molar-refractivity contribution in [2.75, 3.05) is 71.2 Å². The first-order valence-electron chi connectivity index (χ1n) is 16.7. The number of rotatable bonds is 22. The highest BCUT2D eigenvalue weighted by Crippen LogP contribution is 2.28. The molecule has 266 valence electrons. The number of fused-ring (bicyclic) bond motifs is 1. The zero-order chi connectivity index (χ0) is 34.6. The Morgan fingerprint density at radius 3 is 2.31 bits per heavy atom. The highest BCUT2D eigenvalue weighted by molar-refractivity contribution is 5.84. The van der Waals surface area contributed by atoms with E-state index >= 15 is 0 Å². The van der Waals surface area contributed by atoms with Crippen LogP contribution in [0.4, 0.5) is 10.6 Å². The van der Waals surface area contributed by atoms with Gasteiger partial charge in [0.25, 0.3) is 0 Å². The fraction of sp³-hybridized carbons (Fsp3) is 0.600. The first kappa shape index (κ1) is 38.5. The molecule has 2 heterocycles. The number of carboxylic acids is 1. The molecule has 0 radical (unpaired) electrons.